The molecular weight excluding hydrogens is 318 g/mol. The van der Waals surface area contributed by atoms with Gasteiger partial charge in [0, 0.05) is 6.07 Å². The van der Waals surface area contributed by atoms with Crippen molar-refractivity contribution in [3.63, 3.8) is 0 Å². The van der Waals surface area contributed by atoms with E-state index in [0.717, 1.165) is 23.3 Å². The second-order valence-corrected chi connectivity index (χ2v) is 5.18. The summed E-state index contributed by atoms with van der Waals surface area (Å²) in [7, 11) is 0. The molecular formula is C17H16F2N2O3. The zero-order valence-corrected chi connectivity index (χ0v) is 13.2. The molecule has 0 saturated heterocycles. The molecule has 2 amide bonds. The molecule has 2 aromatic carbocycles. The van der Waals surface area contributed by atoms with Gasteiger partial charge in [-0.25, -0.2) is 8.78 Å². The minimum atomic E-state index is -1.02. The molecule has 5 nitrogen and oxygen atoms in total. The van der Waals surface area contributed by atoms with Gasteiger partial charge in [0.15, 0.2) is 6.61 Å². The van der Waals surface area contributed by atoms with Crippen LogP contribution in [0.2, 0.25) is 0 Å². The molecule has 2 rings (SSSR count). The van der Waals surface area contributed by atoms with Crippen molar-refractivity contribution in [3.05, 3.63) is 64.7 Å². The number of ether oxygens (including phenoxy) is 1. The summed E-state index contributed by atoms with van der Waals surface area (Å²) in [6.45, 7) is 3.41. The van der Waals surface area contributed by atoms with E-state index >= 15 is 0 Å². The number of hydrogen-bond acceptors (Lipinski definition) is 3. The quantitative estimate of drug-likeness (QED) is 0.844. The highest BCUT2D eigenvalue weighted by molar-refractivity contribution is 5.95. The van der Waals surface area contributed by atoms with Crippen molar-refractivity contribution in [2.45, 2.75) is 13.8 Å². The van der Waals surface area contributed by atoms with Crippen LogP contribution in [0.1, 0.15) is 21.5 Å². The largest absolute Gasteiger partial charge is 0.483 e. The van der Waals surface area contributed by atoms with Gasteiger partial charge in [-0.2, -0.15) is 0 Å². The molecule has 0 aliphatic carbocycles. The number of rotatable bonds is 4. The predicted molar refractivity (Wildman–Crippen MR) is 83.4 cm³/mol. The summed E-state index contributed by atoms with van der Waals surface area (Å²) in [4.78, 5) is 23.4. The molecule has 2 N–H and O–H groups in total. The summed E-state index contributed by atoms with van der Waals surface area (Å²) >= 11 is 0. The minimum absolute atomic E-state index is 0.323. The minimum Gasteiger partial charge on any atom is -0.483 e. The van der Waals surface area contributed by atoms with Crippen LogP contribution in [0.3, 0.4) is 0 Å². The zero-order chi connectivity index (χ0) is 17.7. The van der Waals surface area contributed by atoms with E-state index in [-0.39, 0.29) is 12.2 Å². The average Bonchev–Trinajstić information content (AvgIpc) is 2.53. The molecule has 2 aromatic rings. The van der Waals surface area contributed by atoms with E-state index in [1.807, 2.05) is 31.4 Å². The summed E-state index contributed by atoms with van der Waals surface area (Å²) in [5.41, 5.74) is 5.61. The van der Waals surface area contributed by atoms with Gasteiger partial charge in [-0.1, -0.05) is 12.1 Å². The number of carbonyl (C=O) groups is 2. The first-order valence-corrected chi connectivity index (χ1v) is 7.11. The van der Waals surface area contributed by atoms with Crippen LogP contribution in [-0.4, -0.2) is 18.4 Å². The highest BCUT2D eigenvalue weighted by atomic mass is 19.1. The first-order valence-electron chi connectivity index (χ1n) is 7.11. The lowest BCUT2D eigenvalue weighted by Gasteiger charge is -2.11. The van der Waals surface area contributed by atoms with Gasteiger partial charge in [0.1, 0.15) is 17.4 Å². The fourth-order valence-corrected chi connectivity index (χ4v) is 1.91. The third-order valence-electron chi connectivity index (χ3n) is 3.19. The lowest BCUT2D eigenvalue weighted by molar-refractivity contribution is -0.123. The molecule has 0 aliphatic rings. The van der Waals surface area contributed by atoms with E-state index in [9.17, 15) is 18.4 Å². The Balaban J connectivity index is 1.86. The van der Waals surface area contributed by atoms with Gasteiger partial charge in [0.25, 0.3) is 11.8 Å². The van der Waals surface area contributed by atoms with Crippen LogP contribution in [0.25, 0.3) is 0 Å². The van der Waals surface area contributed by atoms with Gasteiger partial charge in [0.05, 0.1) is 5.56 Å². The molecule has 0 aliphatic heterocycles. The smallest absolute Gasteiger partial charge is 0.276 e. The van der Waals surface area contributed by atoms with Crippen LogP contribution in [0, 0.1) is 25.5 Å². The van der Waals surface area contributed by atoms with Crippen molar-refractivity contribution in [1.82, 2.24) is 10.9 Å². The van der Waals surface area contributed by atoms with Gasteiger partial charge in [-0.3, -0.25) is 20.4 Å². The van der Waals surface area contributed by atoms with Crippen molar-refractivity contribution in [2.24, 2.45) is 0 Å². The molecule has 0 bridgehead atoms. The highest BCUT2D eigenvalue weighted by Gasteiger charge is 2.13. The fourth-order valence-electron chi connectivity index (χ4n) is 1.91. The van der Waals surface area contributed by atoms with Gasteiger partial charge in [-0.15, -0.1) is 0 Å². The maximum atomic E-state index is 13.4. The Labute approximate surface area is 137 Å². The summed E-state index contributed by atoms with van der Waals surface area (Å²) < 4.78 is 31.6. The number of carbonyl (C=O) groups excluding carboxylic acids is 2. The van der Waals surface area contributed by atoms with E-state index in [1.165, 1.54) is 0 Å². The van der Waals surface area contributed by atoms with E-state index < -0.39 is 23.4 Å². The normalized spacial score (nSPS) is 10.2. The maximum Gasteiger partial charge on any atom is 0.276 e. The SMILES string of the molecule is Cc1ccc(C)c(OCC(=O)NNC(=O)c2ccc(F)cc2F)c1. The van der Waals surface area contributed by atoms with Crippen LogP contribution < -0.4 is 15.6 Å². The van der Waals surface area contributed by atoms with Crippen LogP contribution in [0.5, 0.6) is 5.75 Å². The number of nitrogens with one attached hydrogen (secondary N) is 2. The third-order valence-corrected chi connectivity index (χ3v) is 3.19. The standard InChI is InChI=1S/C17H16F2N2O3/c1-10-3-4-11(2)15(7-10)24-9-16(22)20-21-17(23)13-6-5-12(18)8-14(13)19/h3-8H,9H2,1-2H3,(H,20,22)(H,21,23). The van der Waals surface area contributed by atoms with Crippen LogP contribution in [0.15, 0.2) is 36.4 Å². The molecule has 24 heavy (non-hydrogen) atoms. The molecule has 0 fully saturated rings. The lowest BCUT2D eigenvalue weighted by Crippen LogP contribution is -2.44. The Hall–Kier alpha value is -2.96. The van der Waals surface area contributed by atoms with Crippen molar-refractivity contribution in [1.29, 1.82) is 0 Å². The van der Waals surface area contributed by atoms with Gasteiger partial charge >= 0.3 is 0 Å². The third kappa shape index (κ3) is 4.52. The topological polar surface area (TPSA) is 67.4 Å². The zero-order valence-electron chi connectivity index (χ0n) is 13.2. The van der Waals surface area contributed by atoms with Crippen molar-refractivity contribution in [3.8, 4) is 5.75 Å². The van der Waals surface area contributed by atoms with E-state index in [2.05, 4.69) is 5.43 Å². The molecule has 0 saturated carbocycles. The Morgan fingerprint density at radius 2 is 1.79 bits per heavy atom. The second-order valence-electron chi connectivity index (χ2n) is 5.18. The number of hydrogen-bond donors (Lipinski definition) is 2. The first-order chi connectivity index (χ1) is 11.4. The lowest BCUT2D eigenvalue weighted by atomic mass is 10.1. The number of hydrazine groups is 1. The van der Waals surface area contributed by atoms with Gasteiger partial charge < -0.3 is 4.74 Å². The summed E-state index contributed by atoms with van der Waals surface area (Å²) in [5.74, 6) is -2.77. The molecule has 0 heterocycles. The number of halogens is 2. The second kappa shape index (κ2) is 7.54. The van der Waals surface area contributed by atoms with E-state index in [0.29, 0.717) is 11.8 Å². The summed E-state index contributed by atoms with van der Waals surface area (Å²) in [6, 6.07) is 8.08. The number of amides is 2. The Morgan fingerprint density at radius 3 is 2.50 bits per heavy atom. The molecule has 0 spiro atoms. The Kier molecular flexibility index (Phi) is 5.47. The summed E-state index contributed by atoms with van der Waals surface area (Å²) in [6.07, 6.45) is 0. The molecule has 0 unspecified atom stereocenters. The molecule has 0 atom stereocenters. The van der Waals surface area contributed by atoms with Crippen molar-refractivity contribution < 1.29 is 23.1 Å². The van der Waals surface area contributed by atoms with Gasteiger partial charge in [0.2, 0.25) is 0 Å². The Morgan fingerprint density at radius 1 is 1.04 bits per heavy atom. The highest BCUT2D eigenvalue weighted by Crippen LogP contribution is 2.18. The molecule has 126 valence electrons. The predicted octanol–water partition coefficient (Wildman–Crippen LogP) is 2.42. The Bertz CT molecular complexity index is 778. The van der Waals surface area contributed by atoms with Gasteiger partial charge in [-0.05, 0) is 43.2 Å². The van der Waals surface area contributed by atoms with E-state index in [1.54, 1.807) is 6.07 Å². The van der Waals surface area contributed by atoms with E-state index in [4.69, 9.17) is 4.74 Å². The molecule has 7 heteroatoms. The summed E-state index contributed by atoms with van der Waals surface area (Å²) in [5, 5.41) is 0. The van der Waals surface area contributed by atoms with Crippen LogP contribution >= 0.6 is 0 Å². The molecule has 0 radical (unpaired) electrons. The average molecular weight is 334 g/mol. The van der Waals surface area contributed by atoms with Crippen LogP contribution in [0.4, 0.5) is 8.78 Å². The number of aryl methyl sites for hydroxylation is 2. The molecule has 0 aromatic heterocycles. The monoisotopic (exact) mass is 334 g/mol. The fraction of sp³-hybridized carbons (Fsp3) is 0.176. The first kappa shape index (κ1) is 17.4. The van der Waals surface area contributed by atoms with Crippen molar-refractivity contribution in [2.75, 3.05) is 6.61 Å². The maximum absolute atomic E-state index is 13.4. The van der Waals surface area contributed by atoms with Crippen LogP contribution in [-0.2, 0) is 4.79 Å². The number of benzene rings is 2. The van der Waals surface area contributed by atoms with Crippen molar-refractivity contribution >= 4 is 11.8 Å².